The first kappa shape index (κ1) is 19.9. The van der Waals surface area contributed by atoms with Crippen molar-refractivity contribution in [2.45, 2.75) is 6.54 Å². The van der Waals surface area contributed by atoms with Crippen molar-refractivity contribution >= 4 is 17.4 Å². The Kier molecular flexibility index (Phi) is 6.47. The normalized spacial score (nSPS) is 10.2. The molecule has 2 aromatic carbocycles. The molecule has 1 amide bonds. The van der Waals surface area contributed by atoms with Crippen LogP contribution in [0.3, 0.4) is 0 Å². The predicted molar refractivity (Wildman–Crippen MR) is 109 cm³/mol. The first-order valence-electron chi connectivity index (χ1n) is 8.87. The highest BCUT2D eigenvalue weighted by molar-refractivity contribution is 5.92. The first-order valence-corrected chi connectivity index (χ1v) is 8.87. The molecule has 0 aliphatic heterocycles. The van der Waals surface area contributed by atoms with Crippen molar-refractivity contribution in [3.05, 3.63) is 65.9 Å². The molecule has 8 heteroatoms. The maximum atomic E-state index is 12.3. The van der Waals surface area contributed by atoms with Gasteiger partial charge in [-0.2, -0.15) is 0 Å². The molecule has 0 unspecified atom stereocenters. The van der Waals surface area contributed by atoms with Crippen molar-refractivity contribution in [2.75, 3.05) is 26.6 Å². The summed E-state index contributed by atoms with van der Waals surface area (Å²) in [6, 6.07) is 16.2. The molecule has 2 N–H and O–H groups in total. The van der Waals surface area contributed by atoms with Crippen molar-refractivity contribution in [1.29, 1.82) is 0 Å². The Bertz CT molecular complexity index is 977. The van der Waals surface area contributed by atoms with E-state index in [1.165, 1.54) is 0 Å². The number of rotatable bonds is 8. The van der Waals surface area contributed by atoms with Gasteiger partial charge in [0.05, 0.1) is 21.3 Å². The lowest BCUT2D eigenvalue weighted by Crippen LogP contribution is -2.24. The number of anilines is 2. The topological polar surface area (TPSA) is 94.6 Å². The zero-order valence-electron chi connectivity index (χ0n) is 16.4. The summed E-state index contributed by atoms with van der Waals surface area (Å²) in [6.07, 6.45) is 0. The van der Waals surface area contributed by atoms with Gasteiger partial charge in [-0.25, -0.2) is 0 Å². The van der Waals surface area contributed by atoms with E-state index in [0.717, 1.165) is 17.0 Å². The number of amides is 1. The number of hydrogen-bond acceptors (Lipinski definition) is 7. The SMILES string of the molecule is COc1cccc(Nc2ccc(C(=O)NCc3ccc(OC)c(OC)c3)nn2)c1. The van der Waals surface area contributed by atoms with E-state index >= 15 is 0 Å². The van der Waals surface area contributed by atoms with E-state index in [0.29, 0.717) is 23.9 Å². The van der Waals surface area contributed by atoms with Gasteiger partial charge in [0.1, 0.15) is 5.75 Å². The molecule has 150 valence electrons. The average molecular weight is 394 g/mol. The molecule has 3 rings (SSSR count). The Labute approximate surface area is 168 Å². The summed E-state index contributed by atoms with van der Waals surface area (Å²) >= 11 is 0. The lowest BCUT2D eigenvalue weighted by atomic mass is 10.2. The Balaban J connectivity index is 1.60. The predicted octanol–water partition coefficient (Wildman–Crippen LogP) is 3.18. The fourth-order valence-electron chi connectivity index (χ4n) is 2.63. The maximum absolute atomic E-state index is 12.3. The molecule has 8 nitrogen and oxygen atoms in total. The van der Waals surface area contributed by atoms with Crippen molar-refractivity contribution in [1.82, 2.24) is 15.5 Å². The molecule has 29 heavy (non-hydrogen) atoms. The summed E-state index contributed by atoms with van der Waals surface area (Å²) < 4.78 is 15.7. The summed E-state index contributed by atoms with van der Waals surface area (Å²) in [7, 11) is 4.75. The van der Waals surface area contributed by atoms with Gasteiger partial charge in [0, 0.05) is 18.3 Å². The Morgan fingerprint density at radius 3 is 2.41 bits per heavy atom. The van der Waals surface area contributed by atoms with Gasteiger partial charge in [-0.05, 0) is 42.0 Å². The quantitative estimate of drug-likeness (QED) is 0.606. The number of carbonyl (C=O) groups is 1. The van der Waals surface area contributed by atoms with Crippen molar-refractivity contribution < 1.29 is 19.0 Å². The third-order valence-electron chi connectivity index (χ3n) is 4.14. The summed E-state index contributed by atoms with van der Waals surface area (Å²) in [5.41, 5.74) is 1.91. The molecule has 0 aliphatic carbocycles. The van der Waals surface area contributed by atoms with E-state index in [9.17, 15) is 4.79 Å². The van der Waals surface area contributed by atoms with Gasteiger partial charge in [0.2, 0.25) is 0 Å². The lowest BCUT2D eigenvalue weighted by molar-refractivity contribution is 0.0945. The molecule has 0 aliphatic rings. The minimum atomic E-state index is -0.319. The van der Waals surface area contributed by atoms with Gasteiger partial charge >= 0.3 is 0 Å². The summed E-state index contributed by atoms with van der Waals surface area (Å²) in [5, 5.41) is 14.0. The van der Waals surface area contributed by atoms with Crippen LogP contribution in [0.5, 0.6) is 17.2 Å². The van der Waals surface area contributed by atoms with Crippen molar-refractivity contribution in [2.24, 2.45) is 0 Å². The van der Waals surface area contributed by atoms with E-state index in [4.69, 9.17) is 14.2 Å². The molecule has 0 bridgehead atoms. The monoisotopic (exact) mass is 394 g/mol. The van der Waals surface area contributed by atoms with Gasteiger partial charge in [-0.3, -0.25) is 4.79 Å². The van der Waals surface area contributed by atoms with Crippen LogP contribution in [0.4, 0.5) is 11.5 Å². The highest BCUT2D eigenvalue weighted by Gasteiger charge is 2.10. The average Bonchev–Trinajstić information content (AvgIpc) is 2.77. The van der Waals surface area contributed by atoms with Crippen LogP contribution >= 0.6 is 0 Å². The van der Waals surface area contributed by atoms with E-state index in [1.54, 1.807) is 39.5 Å². The second kappa shape index (κ2) is 9.41. The third kappa shape index (κ3) is 5.13. The number of carbonyl (C=O) groups excluding carboxylic acids is 1. The highest BCUT2D eigenvalue weighted by atomic mass is 16.5. The first-order chi connectivity index (χ1) is 14.1. The number of methoxy groups -OCH3 is 3. The van der Waals surface area contributed by atoms with E-state index in [-0.39, 0.29) is 11.6 Å². The molecule has 0 saturated carbocycles. The number of ether oxygens (including phenoxy) is 3. The third-order valence-corrected chi connectivity index (χ3v) is 4.14. The Hall–Kier alpha value is -3.81. The lowest BCUT2D eigenvalue weighted by Gasteiger charge is -2.10. The molecule has 0 saturated heterocycles. The van der Waals surface area contributed by atoms with Crippen molar-refractivity contribution in [3.8, 4) is 17.2 Å². The van der Waals surface area contributed by atoms with Gasteiger partial charge in [-0.15, -0.1) is 10.2 Å². The van der Waals surface area contributed by atoms with Crippen LogP contribution < -0.4 is 24.8 Å². The molecular formula is C21H22N4O4. The summed E-state index contributed by atoms with van der Waals surface area (Å²) in [5.74, 6) is 2.17. The zero-order chi connectivity index (χ0) is 20.6. The molecule has 0 atom stereocenters. The van der Waals surface area contributed by atoms with E-state index in [2.05, 4.69) is 20.8 Å². The number of hydrogen-bond donors (Lipinski definition) is 2. The maximum Gasteiger partial charge on any atom is 0.272 e. The van der Waals surface area contributed by atoms with Crippen LogP contribution in [0.1, 0.15) is 16.1 Å². The molecule has 0 spiro atoms. The smallest absolute Gasteiger partial charge is 0.272 e. The van der Waals surface area contributed by atoms with Gasteiger partial charge < -0.3 is 24.8 Å². The van der Waals surface area contributed by atoms with Crippen LogP contribution in [-0.2, 0) is 6.54 Å². The Morgan fingerprint density at radius 2 is 1.72 bits per heavy atom. The van der Waals surface area contributed by atoms with Gasteiger partial charge in [0.15, 0.2) is 23.0 Å². The summed E-state index contributed by atoms with van der Waals surface area (Å²) in [4.78, 5) is 12.3. The zero-order valence-corrected chi connectivity index (χ0v) is 16.4. The highest BCUT2D eigenvalue weighted by Crippen LogP contribution is 2.27. The Morgan fingerprint density at radius 1 is 0.897 bits per heavy atom. The molecule has 1 aromatic heterocycles. The largest absolute Gasteiger partial charge is 0.497 e. The number of nitrogens with one attached hydrogen (secondary N) is 2. The molecule has 0 radical (unpaired) electrons. The minimum absolute atomic E-state index is 0.224. The number of benzene rings is 2. The second-order valence-electron chi connectivity index (χ2n) is 6.03. The van der Waals surface area contributed by atoms with Gasteiger partial charge in [-0.1, -0.05) is 12.1 Å². The number of nitrogens with zero attached hydrogens (tertiary/aromatic N) is 2. The molecule has 1 heterocycles. The molecule has 0 fully saturated rings. The fraction of sp³-hybridized carbons (Fsp3) is 0.190. The molecular weight excluding hydrogens is 372 g/mol. The number of aromatic nitrogens is 2. The standard InChI is InChI=1S/C21H22N4O4/c1-27-16-6-4-5-15(12-16)23-20-10-8-17(24-25-20)21(26)22-13-14-7-9-18(28-2)19(11-14)29-3/h4-12H,13H2,1-3H3,(H,22,26)(H,23,25). The van der Waals surface area contributed by atoms with Crippen LogP contribution in [0.15, 0.2) is 54.6 Å². The van der Waals surface area contributed by atoms with Gasteiger partial charge in [0.25, 0.3) is 5.91 Å². The minimum Gasteiger partial charge on any atom is -0.497 e. The van der Waals surface area contributed by atoms with Crippen LogP contribution in [0.2, 0.25) is 0 Å². The second-order valence-corrected chi connectivity index (χ2v) is 6.03. The van der Waals surface area contributed by atoms with Crippen LogP contribution in [0, 0.1) is 0 Å². The summed E-state index contributed by atoms with van der Waals surface area (Å²) in [6.45, 7) is 0.324. The van der Waals surface area contributed by atoms with Crippen molar-refractivity contribution in [3.63, 3.8) is 0 Å². The van der Waals surface area contributed by atoms with E-state index < -0.39 is 0 Å². The van der Waals surface area contributed by atoms with Crippen LogP contribution in [-0.4, -0.2) is 37.4 Å². The van der Waals surface area contributed by atoms with E-state index in [1.807, 2.05) is 36.4 Å². The fourth-order valence-corrected chi connectivity index (χ4v) is 2.63. The van der Waals surface area contributed by atoms with Crippen LogP contribution in [0.25, 0.3) is 0 Å². The molecule has 3 aromatic rings.